The number of hydrogen-bond acceptors (Lipinski definition) is 4. The maximum absolute atomic E-state index is 10.9. The van der Waals surface area contributed by atoms with Crippen LogP contribution in [0.5, 0.6) is 0 Å². The van der Waals surface area contributed by atoms with Gasteiger partial charge < -0.3 is 9.64 Å². The first-order valence-electron chi connectivity index (χ1n) is 4.88. The van der Waals surface area contributed by atoms with Crippen molar-refractivity contribution in [1.29, 1.82) is 0 Å². The minimum atomic E-state index is -3.38. The molecule has 0 amide bonds. The van der Waals surface area contributed by atoms with Gasteiger partial charge in [0.2, 0.25) is 0 Å². The van der Waals surface area contributed by atoms with Crippen molar-refractivity contribution in [1.82, 2.24) is 4.90 Å². The van der Waals surface area contributed by atoms with Crippen LogP contribution in [0.25, 0.3) is 0 Å². The Bertz CT molecular complexity index is 400. The van der Waals surface area contributed by atoms with Gasteiger partial charge in [0.1, 0.15) is 0 Å². The molecule has 0 aliphatic carbocycles. The minimum absolute atomic E-state index is 0.351. The molecule has 1 fully saturated rings. The number of rotatable bonds is 3. The summed E-state index contributed by atoms with van der Waals surface area (Å²) >= 11 is 0. The van der Waals surface area contributed by atoms with E-state index in [2.05, 4.69) is 16.3 Å². The molecule has 15 heavy (non-hydrogen) atoms. The van der Waals surface area contributed by atoms with Crippen molar-refractivity contribution in [3.63, 3.8) is 0 Å². The highest BCUT2D eigenvalue weighted by Crippen LogP contribution is 2.17. The molecule has 0 aromatic carbocycles. The Morgan fingerprint density at radius 3 is 3.00 bits per heavy atom. The van der Waals surface area contributed by atoms with Gasteiger partial charge in [-0.2, -0.15) is 12.8 Å². The quantitative estimate of drug-likeness (QED) is 0.695. The standard InChI is InChI=1S/C9H14N2O3S/c1-11-3-2-8(5-11)6-14-9-4-10-15(12,13)7-9/h4,7-8H,2-3,5-6H2,1H3. The fourth-order valence-electron chi connectivity index (χ4n) is 1.78. The third-order valence-corrected chi connectivity index (χ3v) is 3.50. The van der Waals surface area contributed by atoms with Crippen LogP contribution in [-0.2, 0) is 14.8 Å². The van der Waals surface area contributed by atoms with Crippen LogP contribution in [0, 0.1) is 5.92 Å². The van der Waals surface area contributed by atoms with Crippen molar-refractivity contribution in [2.75, 3.05) is 26.7 Å². The van der Waals surface area contributed by atoms with E-state index in [0.717, 1.165) is 24.9 Å². The zero-order chi connectivity index (χ0) is 10.9. The van der Waals surface area contributed by atoms with E-state index < -0.39 is 10.0 Å². The normalized spacial score (nSPS) is 29.4. The summed E-state index contributed by atoms with van der Waals surface area (Å²) in [4.78, 5) is 2.24. The SMILES string of the molecule is CN1CCC(COC2=CS(=O)(=O)N=C2)C1. The number of allylic oxidation sites excluding steroid dienone is 1. The molecule has 1 saturated heterocycles. The van der Waals surface area contributed by atoms with E-state index in [-0.39, 0.29) is 0 Å². The number of likely N-dealkylation sites (tertiary alicyclic amines) is 1. The summed E-state index contributed by atoms with van der Waals surface area (Å²) in [5.41, 5.74) is 0. The Hall–Kier alpha value is -0.880. The highest BCUT2D eigenvalue weighted by Gasteiger charge is 2.21. The molecule has 0 aromatic rings. The average molecular weight is 230 g/mol. The lowest BCUT2D eigenvalue weighted by Crippen LogP contribution is -2.16. The van der Waals surface area contributed by atoms with E-state index in [1.54, 1.807) is 0 Å². The van der Waals surface area contributed by atoms with Crippen LogP contribution in [0.1, 0.15) is 6.42 Å². The molecule has 2 heterocycles. The highest BCUT2D eigenvalue weighted by atomic mass is 32.2. The minimum Gasteiger partial charge on any atom is -0.491 e. The Kier molecular flexibility index (Phi) is 2.79. The van der Waals surface area contributed by atoms with E-state index in [9.17, 15) is 8.42 Å². The fourth-order valence-corrected chi connectivity index (χ4v) is 2.51. The monoisotopic (exact) mass is 230 g/mol. The summed E-state index contributed by atoms with van der Waals surface area (Å²) < 4.78 is 30.6. The van der Waals surface area contributed by atoms with Crippen molar-refractivity contribution in [3.05, 3.63) is 11.2 Å². The van der Waals surface area contributed by atoms with Crippen molar-refractivity contribution >= 4 is 16.2 Å². The van der Waals surface area contributed by atoms with Crippen LogP contribution < -0.4 is 0 Å². The van der Waals surface area contributed by atoms with Gasteiger partial charge in [-0.15, -0.1) is 0 Å². The predicted octanol–water partition coefficient (Wildman–Crippen LogP) is 0.210. The molecule has 1 atom stereocenters. The van der Waals surface area contributed by atoms with Gasteiger partial charge in [0.25, 0.3) is 10.0 Å². The van der Waals surface area contributed by atoms with Crippen LogP contribution in [0.2, 0.25) is 0 Å². The van der Waals surface area contributed by atoms with E-state index in [1.807, 2.05) is 0 Å². The zero-order valence-corrected chi connectivity index (χ0v) is 9.40. The lowest BCUT2D eigenvalue weighted by Gasteiger charge is -2.10. The Balaban J connectivity index is 1.83. The van der Waals surface area contributed by atoms with Gasteiger partial charge in [0.15, 0.2) is 5.76 Å². The van der Waals surface area contributed by atoms with Crippen LogP contribution in [-0.4, -0.2) is 46.3 Å². The number of ether oxygens (including phenoxy) is 1. The Morgan fingerprint density at radius 2 is 2.47 bits per heavy atom. The first-order chi connectivity index (χ1) is 7.05. The molecule has 5 nitrogen and oxygen atoms in total. The van der Waals surface area contributed by atoms with Gasteiger partial charge in [0.05, 0.1) is 18.2 Å². The van der Waals surface area contributed by atoms with Crippen LogP contribution in [0.3, 0.4) is 0 Å². The van der Waals surface area contributed by atoms with Crippen molar-refractivity contribution < 1.29 is 13.2 Å². The maximum Gasteiger partial charge on any atom is 0.279 e. The van der Waals surface area contributed by atoms with Crippen molar-refractivity contribution in [2.24, 2.45) is 10.3 Å². The second kappa shape index (κ2) is 3.94. The third kappa shape index (κ3) is 2.79. The molecule has 2 rings (SSSR count). The topological polar surface area (TPSA) is 59.0 Å². The Morgan fingerprint density at radius 1 is 1.67 bits per heavy atom. The summed E-state index contributed by atoms with van der Waals surface area (Å²) in [5, 5.41) is 1.06. The fraction of sp³-hybridized carbons (Fsp3) is 0.667. The molecular formula is C9H14N2O3S. The van der Waals surface area contributed by atoms with Crippen LogP contribution in [0.4, 0.5) is 0 Å². The largest absolute Gasteiger partial charge is 0.491 e. The van der Waals surface area contributed by atoms with Crippen LogP contribution in [0.15, 0.2) is 15.6 Å². The maximum atomic E-state index is 10.9. The molecule has 84 valence electrons. The van der Waals surface area contributed by atoms with Crippen LogP contribution >= 0.6 is 0 Å². The lowest BCUT2D eigenvalue weighted by atomic mass is 10.1. The highest BCUT2D eigenvalue weighted by molar-refractivity contribution is 7.93. The predicted molar refractivity (Wildman–Crippen MR) is 57.1 cm³/mol. The second-order valence-corrected chi connectivity index (χ2v) is 5.47. The smallest absolute Gasteiger partial charge is 0.279 e. The average Bonchev–Trinajstić information content (AvgIpc) is 2.69. The molecule has 0 radical (unpaired) electrons. The molecule has 0 N–H and O–H groups in total. The number of nitrogens with zero attached hydrogens (tertiary/aromatic N) is 2. The molecular weight excluding hydrogens is 216 g/mol. The summed E-state index contributed by atoms with van der Waals surface area (Å²) in [6.07, 6.45) is 2.36. The molecule has 0 spiro atoms. The Labute approximate surface area is 89.5 Å². The molecule has 0 aromatic heterocycles. The van der Waals surface area contributed by atoms with Gasteiger partial charge in [-0.25, -0.2) is 0 Å². The van der Waals surface area contributed by atoms with Crippen molar-refractivity contribution in [3.8, 4) is 0 Å². The van der Waals surface area contributed by atoms with E-state index in [1.165, 1.54) is 6.21 Å². The molecule has 2 aliphatic heterocycles. The van der Waals surface area contributed by atoms with E-state index in [4.69, 9.17) is 4.74 Å². The molecule has 2 aliphatic rings. The molecule has 1 unspecified atom stereocenters. The summed E-state index contributed by atoms with van der Waals surface area (Å²) in [6, 6.07) is 0. The first-order valence-corrected chi connectivity index (χ1v) is 6.39. The molecule has 6 heteroatoms. The van der Waals surface area contributed by atoms with Gasteiger partial charge in [-0.1, -0.05) is 0 Å². The third-order valence-electron chi connectivity index (χ3n) is 2.57. The molecule has 0 saturated carbocycles. The summed E-state index contributed by atoms with van der Waals surface area (Å²) in [6.45, 7) is 2.66. The second-order valence-electron chi connectivity index (χ2n) is 4.00. The van der Waals surface area contributed by atoms with Gasteiger partial charge in [-0.3, -0.25) is 0 Å². The summed E-state index contributed by atoms with van der Waals surface area (Å²) in [5.74, 6) is 0.845. The van der Waals surface area contributed by atoms with Crippen molar-refractivity contribution in [2.45, 2.75) is 6.42 Å². The van der Waals surface area contributed by atoms with Gasteiger partial charge in [-0.05, 0) is 20.0 Å². The lowest BCUT2D eigenvalue weighted by molar-refractivity contribution is 0.184. The summed E-state index contributed by atoms with van der Waals surface area (Å²) in [7, 11) is -1.31. The first kappa shape index (κ1) is 10.6. The zero-order valence-electron chi connectivity index (χ0n) is 8.59. The van der Waals surface area contributed by atoms with Gasteiger partial charge in [0, 0.05) is 12.5 Å². The number of sulfonamides is 1. The van der Waals surface area contributed by atoms with E-state index in [0.29, 0.717) is 18.3 Å². The molecule has 0 bridgehead atoms. The van der Waals surface area contributed by atoms with Gasteiger partial charge >= 0.3 is 0 Å². The van der Waals surface area contributed by atoms with E-state index >= 15 is 0 Å². The number of hydrogen-bond donors (Lipinski definition) is 0.